The number of likely N-dealkylation sites (tertiary alicyclic amines) is 1. The van der Waals surface area contributed by atoms with E-state index >= 15 is 0 Å². The minimum atomic E-state index is -0.437. The van der Waals surface area contributed by atoms with Gasteiger partial charge in [-0.15, -0.1) is 0 Å². The van der Waals surface area contributed by atoms with Crippen LogP contribution in [0.5, 0.6) is 0 Å². The molecule has 1 saturated heterocycles. The molecule has 3 N–H and O–H groups in total. The number of hydrogen-bond donors (Lipinski definition) is 2. The predicted octanol–water partition coefficient (Wildman–Crippen LogP) is -0.826. The molecule has 1 amide bonds. The fraction of sp³-hybridized carbons (Fsp3) is 0.875. The van der Waals surface area contributed by atoms with Crippen LogP contribution in [0.2, 0.25) is 0 Å². The molecule has 1 rings (SSSR count). The fourth-order valence-corrected chi connectivity index (χ4v) is 1.54. The molecule has 0 spiro atoms. The minimum absolute atomic E-state index is 0.0320. The van der Waals surface area contributed by atoms with Crippen molar-refractivity contribution in [2.45, 2.75) is 19.4 Å². The Morgan fingerprint density at radius 3 is 2.83 bits per heavy atom. The van der Waals surface area contributed by atoms with Gasteiger partial charge in [-0.3, -0.25) is 4.79 Å². The number of nitrogens with zero attached hydrogens (tertiary/aromatic N) is 1. The van der Waals surface area contributed by atoms with Crippen LogP contribution >= 0.6 is 0 Å². The van der Waals surface area contributed by atoms with E-state index in [0.29, 0.717) is 13.1 Å². The van der Waals surface area contributed by atoms with Gasteiger partial charge in [0.05, 0.1) is 6.10 Å². The summed E-state index contributed by atoms with van der Waals surface area (Å²) in [5, 5.41) is 9.51. The van der Waals surface area contributed by atoms with Gasteiger partial charge >= 0.3 is 0 Å². The molecule has 0 aliphatic carbocycles. The highest BCUT2D eigenvalue weighted by atomic mass is 16.3. The van der Waals surface area contributed by atoms with Crippen LogP contribution in [0.15, 0.2) is 0 Å². The van der Waals surface area contributed by atoms with Crippen molar-refractivity contribution in [2.75, 3.05) is 19.6 Å². The number of nitrogens with two attached hydrogens (primary N) is 1. The molecule has 4 heteroatoms. The molecule has 0 saturated carbocycles. The fourth-order valence-electron chi connectivity index (χ4n) is 1.54. The lowest BCUT2D eigenvalue weighted by Gasteiger charge is -2.34. The summed E-state index contributed by atoms with van der Waals surface area (Å²) in [5.41, 5.74) is 5.45. The third-order valence-electron chi connectivity index (χ3n) is 2.47. The highest BCUT2D eigenvalue weighted by Gasteiger charge is 2.27. The van der Waals surface area contributed by atoms with Crippen molar-refractivity contribution in [2.24, 2.45) is 11.7 Å². The van der Waals surface area contributed by atoms with Crippen molar-refractivity contribution < 1.29 is 9.90 Å². The zero-order chi connectivity index (χ0) is 9.14. The second-order valence-electron chi connectivity index (χ2n) is 3.32. The SMILES string of the molecule is CC(=O)N1CC[C@@H](CN)[C@H](O)C1. The third-order valence-corrected chi connectivity index (χ3v) is 2.47. The van der Waals surface area contributed by atoms with Crippen molar-refractivity contribution in [3.8, 4) is 0 Å². The Morgan fingerprint density at radius 2 is 2.42 bits per heavy atom. The first kappa shape index (κ1) is 9.48. The van der Waals surface area contributed by atoms with Crippen molar-refractivity contribution in [3.63, 3.8) is 0 Å². The van der Waals surface area contributed by atoms with Gasteiger partial charge in [-0.1, -0.05) is 0 Å². The van der Waals surface area contributed by atoms with Gasteiger partial charge in [0.2, 0.25) is 5.91 Å². The molecule has 0 radical (unpaired) electrons. The van der Waals surface area contributed by atoms with E-state index in [9.17, 15) is 9.90 Å². The summed E-state index contributed by atoms with van der Waals surface area (Å²) in [6, 6.07) is 0. The molecule has 4 nitrogen and oxygen atoms in total. The quantitative estimate of drug-likeness (QED) is 0.543. The smallest absolute Gasteiger partial charge is 0.219 e. The molecule has 0 bridgehead atoms. The van der Waals surface area contributed by atoms with Gasteiger partial charge < -0.3 is 15.7 Å². The van der Waals surface area contributed by atoms with E-state index in [1.807, 2.05) is 0 Å². The molecule has 0 unspecified atom stereocenters. The molecule has 1 heterocycles. The van der Waals surface area contributed by atoms with E-state index in [-0.39, 0.29) is 11.8 Å². The lowest BCUT2D eigenvalue weighted by atomic mass is 9.94. The summed E-state index contributed by atoms with van der Waals surface area (Å²) in [5.74, 6) is 0.199. The molecule has 1 aliphatic heterocycles. The van der Waals surface area contributed by atoms with Crippen LogP contribution in [0.3, 0.4) is 0 Å². The Hall–Kier alpha value is -0.610. The largest absolute Gasteiger partial charge is 0.391 e. The van der Waals surface area contributed by atoms with E-state index in [2.05, 4.69) is 0 Å². The summed E-state index contributed by atoms with van der Waals surface area (Å²) < 4.78 is 0. The summed E-state index contributed by atoms with van der Waals surface area (Å²) in [4.78, 5) is 12.6. The third kappa shape index (κ3) is 1.95. The van der Waals surface area contributed by atoms with E-state index in [0.717, 1.165) is 13.0 Å². The number of carbonyl (C=O) groups is 1. The highest BCUT2D eigenvalue weighted by molar-refractivity contribution is 5.73. The van der Waals surface area contributed by atoms with Crippen LogP contribution < -0.4 is 5.73 Å². The van der Waals surface area contributed by atoms with Gasteiger partial charge in [-0.05, 0) is 13.0 Å². The normalized spacial score (nSPS) is 30.4. The maximum absolute atomic E-state index is 10.9. The van der Waals surface area contributed by atoms with Crippen LogP contribution in [-0.4, -0.2) is 41.7 Å². The van der Waals surface area contributed by atoms with E-state index < -0.39 is 6.10 Å². The second kappa shape index (κ2) is 3.87. The number of piperidine rings is 1. The summed E-state index contributed by atoms with van der Waals surface area (Å²) in [7, 11) is 0. The van der Waals surface area contributed by atoms with E-state index in [4.69, 9.17) is 5.73 Å². The number of β-amino-alcohol motifs (C(OH)–C–C–N with tert-alkyl or cyclic N) is 1. The number of amides is 1. The molecule has 1 aliphatic rings. The maximum Gasteiger partial charge on any atom is 0.219 e. The van der Waals surface area contributed by atoms with Gasteiger partial charge in [0.15, 0.2) is 0 Å². The van der Waals surface area contributed by atoms with Crippen molar-refractivity contribution in [3.05, 3.63) is 0 Å². The molecule has 2 atom stereocenters. The van der Waals surface area contributed by atoms with Gasteiger partial charge in [-0.25, -0.2) is 0 Å². The number of carbonyl (C=O) groups excluding carboxylic acids is 1. The highest BCUT2D eigenvalue weighted by Crippen LogP contribution is 2.16. The van der Waals surface area contributed by atoms with Gasteiger partial charge in [-0.2, -0.15) is 0 Å². The summed E-state index contributed by atoms with van der Waals surface area (Å²) in [6.07, 6.45) is 0.379. The first-order chi connectivity index (χ1) is 5.65. The Morgan fingerprint density at radius 1 is 1.75 bits per heavy atom. The van der Waals surface area contributed by atoms with Crippen LogP contribution in [0.25, 0.3) is 0 Å². The topological polar surface area (TPSA) is 66.6 Å². The Bertz CT molecular complexity index is 172. The Kier molecular flexibility index (Phi) is 3.05. The van der Waals surface area contributed by atoms with Crippen molar-refractivity contribution >= 4 is 5.91 Å². The molecular weight excluding hydrogens is 156 g/mol. The monoisotopic (exact) mass is 172 g/mol. The van der Waals surface area contributed by atoms with E-state index in [1.54, 1.807) is 4.90 Å². The molecule has 70 valence electrons. The summed E-state index contributed by atoms with van der Waals surface area (Å²) >= 11 is 0. The molecule has 12 heavy (non-hydrogen) atoms. The zero-order valence-electron chi connectivity index (χ0n) is 7.36. The lowest BCUT2D eigenvalue weighted by molar-refractivity contribution is -0.133. The van der Waals surface area contributed by atoms with Crippen molar-refractivity contribution in [1.29, 1.82) is 0 Å². The minimum Gasteiger partial charge on any atom is -0.391 e. The van der Waals surface area contributed by atoms with Crippen LogP contribution in [-0.2, 0) is 4.79 Å². The van der Waals surface area contributed by atoms with Gasteiger partial charge in [0.25, 0.3) is 0 Å². The van der Waals surface area contributed by atoms with Gasteiger partial charge in [0.1, 0.15) is 0 Å². The number of hydrogen-bond acceptors (Lipinski definition) is 3. The summed E-state index contributed by atoms with van der Waals surface area (Å²) in [6.45, 7) is 3.20. The first-order valence-electron chi connectivity index (χ1n) is 4.28. The number of rotatable bonds is 1. The molecule has 1 fully saturated rings. The Labute approximate surface area is 72.3 Å². The van der Waals surface area contributed by atoms with Gasteiger partial charge in [0, 0.05) is 25.9 Å². The molecule has 0 aromatic heterocycles. The standard InChI is InChI=1S/C8H16N2O2/c1-6(11)10-3-2-7(4-9)8(12)5-10/h7-8,12H,2-5,9H2,1H3/t7-,8+/m0/s1. The van der Waals surface area contributed by atoms with Crippen LogP contribution in [0.1, 0.15) is 13.3 Å². The maximum atomic E-state index is 10.9. The zero-order valence-corrected chi connectivity index (χ0v) is 7.36. The molecular formula is C8H16N2O2. The lowest BCUT2D eigenvalue weighted by Crippen LogP contribution is -2.47. The Balaban J connectivity index is 2.46. The van der Waals surface area contributed by atoms with Crippen LogP contribution in [0, 0.1) is 5.92 Å². The van der Waals surface area contributed by atoms with Crippen molar-refractivity contribution in [1.82, 2.24) is 4.90 Å². The number of aliphatic hydroxyl groups is 1. The molecule has 0 aromatic carbocycles. The average Bonchev–Trinajstić information content (AvgIpc) is 2.04. The van der Waals surface area contributed by atoms with Crippen LogP contribution in [0.4, 0.5) is 0 Å². The predicted molar refractivity (Wildman–Crippen MR) is 45.4 cm³/mol. The molecule has 0 aromatic rings. The average molecular weight is 172 g/mol. The van der Waals surface area contributed by atoms with E-state index in [1.165, 1.54) is 6.92 Å². The first-order valence-corrected chi connectivity index (χ1v) is 4.28. The second-order valence-corrected chi connectivity index (χ2v) is 3.32. The number of aliphatic hydroxyl groups excluding tert-OH is 1.